The molecule has 2 N–H and O–H groups in total. The third-order valence-corrected chi connectivity index (χ3v) is 3.67. The summed E-state index contributed by atoms with van der Waals surface area (Å²) in [4.78, 5) is 6.40. The normalized spacial score (nSPS) is 18.6. The molecule has 1 aliphatic heterocycles. The van der Waals surface area contributed by atoms with Crippen LogP contribution < -0.4 is 15.4 Å². The summed E-state index contributed by atoms with van der Waals surface area (Å²) in [5.74, 6) is 1.20. The highest BCUT2D eigenvalue weighted by atomic mass is 35.5. The summed E-state index contributed by atoms with van der Waals surface area (Å²) in [5.41, 5.74) is 6.92. The largest absolute Gasteiger partial charge is 0.493 e. The van der Waals surface area contributed by atoms with Gasteiger partial charge in [0.2, 0.25) is 0 Å². The molecule has 5 heteroatoms. The van der Waals surface area contributed by atoms with Crippen LogP contribution in [0.25, 0.3) is 0 Å². The van der Waals surface area contributed by atoms with Crippen molar-refractivity contribution in [3.8, 4) is 5.75 Å². The molecule has 19 heavy (non-hydrogen) atoms. The van der Waals surface area contributed by atoms with E-state index in [0.29, 0.717) is 22.8 Å². The van der Waals surface area contributed by atoms with Crippen LogP contribution in [0.2, 0.25) is 5.02 Å². The van der Waals surface area contributed by atoms with Crippen molar-refractivity contribution < 1.29 is 4.74 Å². The highest BCUT2D eigenvalue weighted by molar-refractivity contribution is 6.32. The lowest BCUT2D eigenvalue weighted by Gasteiger charge is -2.28. The molecule has 0 saturated carbocycles. The number of rotatable bonds is 5. The van der Waals surface area contributed by atoms with Crippen LogP contribution in [0.4, 0.5) is 5.69 Å². The fourth-order valence-corrected chi connectivity index (χ4v) is 2.66. The van der Waals surface area contributed by atoms with Crippen molar-refractivity contribution in [2.75, 3.05) is 18.6 Å². The van der Waals surface area contributed by atoms with Gasteiger partial charge in [0, 0.05) is 0 Å². The van der Waals surface area contributed by atoms with E-state index in [1.54, 1.807) is 7.11 Å². The molecule has 0 spiro atoms. The average Bonchev–Trinajstić information content (AvgIpc) is 2.77. The molecule has 0 bridgehead atoms. The van der Waals surface area contributed by atoms with Gasteiger partial charge in [-0.3, -0.25) is 4.99 Å². The second-order valence-corrected chi connectivity index (χ2v) is 5.06. The average molecular weight is 282 g/mol. The molecule has 0 saturated heterocycles. The predicted molar refractivity (Wildman–Crippen MR) is 80.3 cm³/mol. The zero-order valence-electron chi connectivity index (χ0n) is 11.4. The van der Waals surface area contributed by atoms with E-state index < -0.39 is 0 Å². The highest BCUT2D eigenvalue weighted by Crippen LogP contribution is 2.37. The molecule has 1 aromatic rings. The zero-order valence-corrected chi connectivity index (χ0v) is 12.2. The van der Waals surface area contributed by atoms with Crippen LogP contribution in [0, 0.1) is 0 Å². The van der Waals surface area contributed by atoms with Crippen LogP contribution in [0.3, 0.4) is 0 Å². The Labute approximate surface area is 119 Å². The van der Waals surface area contributed by atoms with Gasteiger partial charge < -0.3 is 15.4 Å². The minimum atomic E-state index is 0.298. The lowest BCUT2D eigenvalue weighted by molar-refractivity contribution is 0.414. The molecule has 104 valence electrons. The van der Waals surface area contributed by atoms with Crippen LogP contribution >= 0.6 is 11.6 Å². The van der Waals surface area contributed by atoms with Gasteiger partial charge >= 0.3 is 0 Å². The number of benzene rings is 1. The molecule has 0 radical (unpaired) electrons. The summed E-state index contributed by atoms with van der Waals surface area (Å²) < 4.78 is 5.41. The molecule has 2 rings (SSSR count). The summed E-state index contributed by atoms with van der Waals surface area (Å²) in [7, 11) is 1.62. The second kappa shape index (κ2) is 6.15. The number of halogens is 1. The lowest BCUT2D eigenvalue weighted by Crippen LogP contribution is -2.41. The molecule has 1 atom stereocenters. The Hall–Kier alpha value is -1.42. The maximum absolute atomic E-state index is 6.18. The van der Waals surface area contributed by atoms with Crippen molar-refractivity contribution in [3.63, 3.8) is 0 Å². The Balaban J connectivity index is 2.32. The summed E-state index contributed by atoms with van der Waals surface area (Å²) in [6.45, 7) is 2.92. The maximum atomic E-state index is 6.18. The molecule has 0 fully saturated rings. The molecule has 0 aliphatic carbocycles. The van der Waals surface area contributed by atoms with Crippen LogP contribution in [0.15, 0.2) is 23.2 Å². The van der Waals surface area contributed by atoms with Crippen molar-refractivity contribution >= 4 is 23.2 Å². The van der Waals surface area contributed by atoms with Gasteiger partial charge in [-0.2, -0.15) is 0 Å². The SMILES string of the molecule is CCCCC1CN=C(N)N1c1cccc(Cl)c1OC. The molecule has 1 aromatic carbocycles. The number of nitrogens with zero attached hydrogens (tertiary/aromatic N) is 2. The summed E-state index contributed by atoms with van der Waals surface area (Å²) in [6.07, 6.45) is 3.39. The van der Waals surface area contributed by atoms with E-state index in [9.17, 15) is 0 Å². The van der Waals surface area contributed by atoms with Crippen molar-refractivity contribution in [2.24, 2.45) is 10.7 Å². The number of para-hydroxylation sites is 1. The van der Waals surface area contributed by atoms with Gasteiger partial charge in [0.15, 0.2) is 11.7 Å². The summed E-state index contributed by atoms with van der Waals surface area (Å²) >= 11 is 6.18. The van der Waals surface area contributed by atoms with Gasteiger partial charge in [-0.15, -0.1) is 0 Å². The number of aliphatic imine (C=N–C) groups is 1. The monoisotopic (exact) mass is 281 g/mol. The number of hydrogen-bond donors (Lipinski definition) is 1. The second-order valence-electron chi connectivity index (χ2n) is 4.66. The fraction of sp³-hybridized carbons (Fsp3) is 0.500. The van der Waals surface area contributed by atoms with E-state index in [-0.39, 0.29) is 0 Å². The zero-order chi connectivity index (χ0) is 13.8. The topological polar surface area (TPSA) is 50.8 Å². The first-order valence-corrected chi connectivity index (χ1v) is 6.98. The number of guanidine groups is 1. The van der Waals surface area contributed by atoms with Gasteiger partial charge in [-0.25, -0.2) is 0 Å². The smallest absolute Gasteiger partial charge is 0.196 e. The highest BCUT2D eigenvalue weighted by Gasteiger charge is 2.29. The van der Waals surface area contributed by atoms with Gasteiger partial charge in [0.1, 0.15) is 0 Å². The minimum absolute atomic E-state index is 0.298. The van der Waals surface area contributed by atoms with Crippen molar-refractivity contribution in [1.82, 2.24) is 0 Å². The Bertz CT molecular complexity index is 476. The molecule has 4 nitrogen and oxygen atoms in total. The maximum Gasteiger partial charge on any atom is 0.196 e. The van der Waals surface area contributed by atoms with E-state index in [0.717, 1.165) is 31.5 Å². The van der Waals surface area contributed by atoms with Crippen molar-refractivity contribution in [3.05, 3.63) is 23.2 Å². The van der Waals surface area contributed by atoms with E-state index in [2.05, 4.69) is 11.9 Å². The van der Waals surface area contributed by atoms with Gasteiger partial charge in [-0.1, -0.05) is 37.4 Å². The van der Waals surface area contributed by atoms with E-state index in [1.807, 2.05) is 23.1 Å². The van der Waals surface area contributed by atoms with Crippen molar-refractivity contribution in [1.29, 1.82) is 0 Å². The van der Waals surface area contributed by atoms with Crippen LogP contribution in [0.5, 0.6) is 5.75 Å². The summed E-state index contributed by atoms with van der Waals surface area (Å²) in [6, 6.07) is 5.99. The molecule has 1 heterocycles. The molecule has 1 unspecified atom stereocenters. The third kappa shape index (κ3) is 2.78. The standard InChI is InChI=1S/C14H20ClN3O/c1-3-4-6-10-9-17-14(16)18(10)12-8-5-7-11(15)13(12)19-2/h5,7-8,10H,3-4,6,9H2,1-2H3,(H2,16,17). The van der Waals surface area contributed by atoms with E-state index in [4.69, 9.17) is 22.1 Å². The Kier molecular flexibility index (Phi) is 4.53. The fourth-order valence-electron chi connectivity index (χ4n) is 2.41. The Morgan fingerprint density at radius 1 is 1.53 bits per heavy atom. The van der Waals surface area contributed by atoms with E-state index >= 15 is 0 Å². The number of hydrogen-bond acceptors (Lipinski definition) is 4. The molecule has 0 amide bonds. The first-order chi connectivity index (χ1) is 9.19. The molecular weight excluding hydrogens is 262 g/mol. The van der Waals surface area contributed by atoms with Gasteiger partial charge in [-0.05, 0) is 18.6 Å². The van der Waals surface area contributed by atoms with Gasteiger partial charge in [0.05, 0.1) is 30.4 Å². The van der Waals surface area contributed by atoms with E-state index in [1.165, 1.54) is 0 Å². The number of ether oxygens (including phenoxy) is 1. The Morgan fingerprint density at radius 2 is 2.32 bits per heavy atom. The number of anilines is 1. The first-order valence-electron chi connectivity index (χ1n) is 6.60. The van der Waals surface area contributed by atoms with Gasteiger partial charge in [0.25, 0.3) is 0 Å². The van der Waals surface area contributed by atoms with Crippen molar-refractivity contribution in [2.45, 2.75) is 32.2 Å². The van der Waals surface area contributed by atoms with Crippen LogP contribution in [0.1, 0.15) is 26.2 Å². The molecular formula is C14H20ClN3O. The summed E-state index contributed by atoms with van der Waals surface area (Å²) in [5, 5.41) is 0.592. The van der Waals surface area contributed by atoms with Crippen LogP contribution in [-0.2, 0) is 0 Å². The predicted octanol–water partition coefficient (Wildman–Crippen LogP) is 3.04. The first kappa shape index (κ1) is 14.0. The minimum Gasteiger partial charge on any atom is -0.493 e. The van der Waals surface area contributed by atoms with Crippen LogP contribution in [-0.4, -0.2) is 25.7 Å². The Morgan fingerprint density at radius 3 is 3.00 bits per heavy atom. The number of nitrogens with two attached hydrogens (primary N) is 1. The molecule has 0 aromatic heterocycles. The third-order valence-electron chi connectivity index (χ3n) is 3.38. The molecule has 1 aliphatic rings. The lowest BCUT2D eigenvalue weighted by atomic mass is 10.1. The number of unbranched alkanes of at least 4 members (excludes halogenated alkanes) is 1. The number of methoxy groups -OCH3 is 1. The quantitative estimate of drug-likeness (QED) is 0.902.